The van der Waals surface area contributed by atoms with E-state index in [-0.39, 0.29) is 5.76 Å². The molecular formula is C8H13N2O+. The fraction of sp³-hybridized carbons (Fsp3) is 0.500. The number of rotatable bonds is 3. The number of aliphatic hydroxyl groups is 1. The summed E-state index contributed by atoms with van der Waals surface area (Å²) in [5, 5.41) is 17.3. The van der Waals surface area contributed by atoms with Crippen molar-refractivity contribution < 1.29 is 5.11 Å². The molecule has 0 aromatic heterocycles. The van der Waals surface area contributed by atoms with Crippen molar-refractivity contribution in [2.75, 3.05) is 0 Å². The first-order chi connectivity index (χ1) is 5.26. The van der Waals surface area contributed by atoms with Crippen LogP contribution in [-0.2, 0) is 0 Å². The summed E-state index contributed by atoms with van der Waals surface area (Å²) in [7, 11) is 0. The Morgan fingerprint density at radius 3 is 2.55 bits per heavy atom. The third-order valence-corrected chi connectivity index (χ3v) is 1.34. The van der Waals surface area contributed by atoms with Crippen LogP contribution in [0.4, 0.5) is 0 Å². The maximum Gasteiger partial charge on any atom is 0.391 e. The second kappa shape index (κ2) is 5.48. The van der Waals surface area contributed by atoms with Crippen LogP contribution in [0.2, 0.25) is 0 Å². The molecule has 0 saturated carbocycles. The van der Waals surface area contributed by atoms with E-state index in [1.54, 1.807) is 0 Å². The molecule has 3 nitrogen and oxygen atoms in total. The van der Waals surface area contributed by atoms with Crippen molar-refractivity contribution in [2.45, 2.75) is 26.7 Å². The zero-order valence-electron chi connectivity index (χ0n) is 6.91. The monoisotopic (exact) mass is 153 g/mol. The molecule has 0 aromatic rings. The number of diazo groups is 1. The fourth-order valence-corrected chi connectivity index (χ4v) is 0.814. The van der Waals surface area contributed by atoms with E-state index in [2.05, 4.69) is 4.98 Å². The molecule has 0 aromatic carbocycles. The van der Waals surface area contributed by atoms with E-state index in [9.17, 15) is 5.11 Å². The normalized spacial score (nSPS) is 12.8. The Labute approximate surface area is 66.7 Å². The van der Waals surface area contributed by atoms with Crippen LogP contribution in [0.3, 0.4) is 0 Å². The molecule has 60 valence electrons. The first kappa shape index (κ1) is 9.70. The van der Waals surface area contributed by atoms with Gasteiger partial charge in [0.1, 0.15) is 0 Å². The molecule has 0 aliphatic carbocycles. The minimum Gasteiger partial charge on any atom is -0.502 e. The van der Waals surface area contributed by atoms with E-state index in [0.29, 0.717) is 0 Å². The van der Waals surface area contributed by atoms with Gasteiger partial charge in [-0.25, -0.2) is 0 Å². The molecule has 0 spiro atoms. The molecule has 11 heavy (non-hydrogen) atoms. The first-order valence-electron chi connectivity index (χ1n) is 3.69. The minimum absolute atomic E-state index is 0.0388. The van der Waals surface area contributed by atoms with Gasteiger partial charge in [-0.3, -0.25) is 0 Å². The van der Waals surface area contributed by atoms with Crippen molar-refractivity contribution in [1.29, 1.82) is 5.39 Å². The summed E-state index contributed by atoms with van der Waals surface area (Å²) in [5.41, 5.74) is 0.810. The topological polar surface area (TPSA) is 48.4 Å². The third-order valence-electron chi connectivity index (χ3n) is 1.34. The van der Waals surface area contributed by atoms with Crippen molar-refractivity contribution in [2.24, 2.45) is 0 Å². The van der Waals surface area contributed by atoms with E-state index in [1.807, 2.05) is 19.9 Å². The molecule has 0 aliphatic rings. The standard InChI is InChI=1S/C8H12N2O/c1-3-5-7(4-2)8(11)6-10-9/h5-6H,3-4H2,1-2H3/p+1/b7-5+,8-6-. The van der Waals surface area contributed by atoms with Gasteiger partial charge in [0.05, 0.1) is 0 Å². The molecular weight excluding hydrogens is 140 g/mol. The molecule has 0 fully saturated rings. The predicted octanol–water partition coefficient (Wildman–Crippen LogP) is 2.99. The van der Waals surface area contributed by atoms with E-state index >= 15 is 0 Å². The highest BCUT2D eigenvalue weighted by molar-refractivity contribution is 5.25. The Kier molecular flexibility index (Phi) is 4.83. The van der Waals surface area contributed by atoms with Gasteiger partial charge in [-0.2, -0.15) is 0 Å². The number of aliphatic hydroxyl groups excluding tert-OH is 1. The van der Waals surface area contributed by atoms with Crippen molar-refractivity contribution in [3.63, 3.8) is 0 Å². The van der Waals surface area contributed by atoms with E-state index in [0.717, 1.165) is 24.6 Å². The summed E-state index contributed by atoms with van der Waals surface area (Å²) >= 11 is 0. The van der Waals surface area contributed by atoms with Crippen LogP contribution in [0, 0.1) is 5.39 Å². The zero-order chi connectivity index (χ0) is 8.69. The number of hydrogen-bond donors (Lipinski definition) is 1. The maximum atomic E-state index is 9.18. The first-order valence-corrected chi connectivity index (χ1v) is 3.69. The van der Waals surface area contributed by atoms with Crippen molar-refractivity contribution in [1.82, 2.24) is 0 Å². The number of allylic oxidation sites excluding steroid dienone is 2. The average Bonchev–Trinajstić information content (AvgIpc) is 2.00. The smallest absolute Gasteiger partial charge is 0.391 e. The van der Waals surface area contributed by atoms with Gasteiger partial charge in [0.25, 0.3) is 0 Å². The van der Waals surface area contributed by atoms with Crippen LogP contribution in [0.15, 0.2) is 23.6 Å². The molecule has 3 heteroatoms. The van der Waals surface area contributed by atoms with Gasteiger partial charge in [-0.05, 0) is 18.4 Å². The Morgan fingerprint density at radius 2 is 2.18 bits per heavy atom. The van der Waals surface area contributed by atoms with Gasteiger partial charge in [0.15, 0.2) is 4.98 Å². The summed E-state index contributed by atoms with van der Waals surface area (Å²) < 4.78 is 0. The molecule has 0 atom stereocenters. The van der Waals surface area contributed by atoms with E-state index < -0.39 is 0 Å². The SMILES string of the molecule is CC/C=C(CC)/C(O)=C/[N+]#N. The summed E-state index contributed by atoms with van der Waals surface area (Å²) in [4.78, 5) is 2.73. The van der Waals surface area contributed by atoms with Gasteiger partial charge >= 0.3 is 6.20 Å². The minimum atomic E-state index is 0.0388. The number of hydrogen-bond acceptors (Lipinski definition) is 2. The van der Waals surface area contributed by atoms with Gasteiger partial charge in [-0.15, -0.1) is 0 Å². The van der Waals surface area contributed by atoms with Crippen molar-refractivity contribution in [3.8, 4) is 0 Å². The van der Waals surface area contributed by atoms with Gasteiger partial charge in [0, 0.05) is 0 Å². The molecule has 0 heterocycles. The lowest BCUT2D eigenvalue weighted by atomic mass is 10.1. The van der Waals surface area contributed by atoms with E-state index in [1.165, 1.54) is 0 Å². The van der Waals surface area contributed by atoms with E-state index in [4.69, 9.17) is 5.39 Å². The Morgan fingerprint density at radius 1 is 1.55 bits per heavy atom. The van der Waals surface area contributed by atoms with Gasteiger partial charge < -0.3 is 5.11 Å². The Balaban J connectivity index is 4.41. The van der Waals surface area contributed by atoms with Crippen LogP contribution in [0.1, 0.15) is 26.7 Å². The molecule has 0 radical (unpaired) electrons. The quantitative estimate of drug-likeness (QED) is 0.385. The maximum absolute atomic E-state index is 9.18. The van der Waals surface area contributed by atoms with Crippen LogP contribution >= 0.6 is 0 Å². The summed E-state index contributed by atoms with van der Waals surface area (Å²) in [6.45, 7) is 3.92. The average molecular weight is 153 g/mol. The molecule has 0 unspecified atom stereocenters. The van der Waals surface area contributed by atoms with Crippen molar-refractivity contribution in [3.05, 3.63) is 28.6 Å². The van der Waals surface area contributed by atoms with Gasteiger partial charge in [0.2, 0.25) is 11.2 Å². The highest BCUT2D eigenvalue weighted by atomic mass is 16.3. The second-order valence-corrected chi connectivity index (χ2v) is 2.12. The largest absolute Gasteiger partial charge is 0.502 e. The molecule has 0 bridgehead atoms. The van der Waals surface area contributed by atoms with Crippen LogP contribution in [-0.4, -0.2) is 5.11 Å². The summed E-state index contributed by atoms with van der Waals surface area (Å²) in [6.07, 6.45) is 4.54. The lowest BCUT2D eigenvalue weighted by Gasteiger charge is -1.96. The molecule has 0 aliphatic heterocycles. The lowest BCUT2D eigenvalue weighted by molar-refractivity contribution is 0.419. The van der Waals surface area contributed by atoms with Crippen molar-refractivity contribution >= 4 is 0 Å². The number of nitrogens with zero attached hydrogens (tertiary/aromatic N) is 2. The molecule has 0 rings (SSSR count). The molecule has 0 saturated heterocycles. The molecule has 0 amide bonds. The lowest BCUT2D eigenvalue weighted by Crippen LogP contribution is -1.85. The van der Waals surface area contributed by atoms with Gasteiger partial charge in [-0.1, -0.05) is 19.9 Å². The van der Waals surface area contributed by atoms with Crippen LogP contribution < -0.4 is 0 Å². The van der Waals surface area contributed by atoms with Crippen LogP contribution in [0.5, 0.6) is 0 Å². The predicted molar refractivity (Wildman–Crippen MR) is 44.5 cm³/mol. The fourth-order valence-electron chi connectivity index (χ4n) is 0.814. The third kappa shape index (κ3) is 3.41. The summed E-state index contributed by atoms with van der Waals surface area (Å²) in [6, 6.07) is 0. The van der Waals surface area contributed by atoms with Crippen LogP contribution in [0.25, 0.3) is 4.98 Å². The zero-order valence-corrected chi connectivity index (χ0v) is 6.91. The Bertz CT molecular complexity index is 211. The Hall–Kier alpha value is -1.30. The highest BCUT2D eigenvalue weighted by Crippen LogP contribution is 2.11. The molecule has 1 N–H and O–H groups in total. The highest BCUT2D eigenvalue weighted by Gasteiger charge is 2.03. The second-order valence-electron chi connectivity index (χ2n) is 2.12. The summed E-state index contributed by atoms with van der Waals surface area (Å²) in [5.74, 6) is 0.0388.